The lowest BCUT2D eigenvalue weighted by atomic mass is 10.0. The number of nitrogens with one attached hydrogen (secondary N) is 1. The zero-order valence-corrected chi connectivity index (χ0v) is 12.3. The zero-order valence-electron chi connectivity index (χ0n) is 11.5. The maximum Gasteiger partial charge on any atom is 0.355 e. The molecule has 2 aromatic rings. The fourth-order valence-electron chi connectivity index (χ4n) is 2.08. The average molecular weight is 293 g/mol. The molecule has 20 heavy (non-hydrogen) atoms. The van der Waals surface area contributed by atoms with Crippen LogP contribution in [0.3, 0.4) is 0 Å². The molecule has 106 valence electrons. The van der Waals surface area contributed by atoms with E-state index in [1.54, 1.807) is 25.3 Å². The number of anilines is 1. The molecule has 4 nitrogen and oxygen atoms in total. The van der Waals surface area contributed by atoms with Crippen molar-refractivity contribution < 1.29 is 9.53 Å². The zero-order chi connectivity index (χ0) is 14.7. The van der Waals surface area contributed by atoms with Gasteiger partial charge in [-0.15, -0.1) is 0 Å². The number of rotatable bonds is 4. The van der Waals surface area contributed by atoms with Crippen LogP contribution in [0.1, 0.15) is 34.1 Å². The highest BCUT2D eigenvalue weighted by molar-refractivity contribution is 6.30. The predicted octanol–water partition coefficient (Wildman–Crippen LogP) is 3.33. The van der Waals surface area contributed by atoms with Crippen LogP contribution >= 0.6 is 11.6 Å². The fraction of sp³-hybridized carbons (Fsp3) is 0.267. The number of aromatic amines is 1. The second kappa shape index (κ2) is 6.01. The third-order valence-electron chi connectivity index (χ3n) is 3.16. The van der Waals surface area contributed by atoms with Crippen molar-refractivity contribution >= 4 is 23.3 Å². The third kappa shape index (κ3) is 2.96. The van der Waals surface area contributed by atoms with Gasteiger partial charge < -0.3 is 15.5 Å². The van der Waals surface area contributed by atoms with Crippen LogP contribution in [-0.4, -0.2) is 17.6 Å². The first-order chi connectivity index (χ1) is 9.52. The Hall–Kier alpha value is -1.94. The molecule has 0 fully saturated rings. The van der Waals surface area contributed by atoms with E-state index in [9.17, 15) is 4.79 Å². The van der Waals surface area contributed by atoms with Crippen molar-refractivity contribution in [3.63, 3.8) is 0 Å². The van der Waals surface area contributed by atoms with Gasteiger partial charge in [-0.25, -0.2) is 4.79 Å². The predicted molar refractivity (Wildman–Crippen MR) is 80.2 cm³/mol. The number of aryl methyl sites for hydroxylation is 1. The minimum atomic E-state index is -0.351. The molecule has 0 amide bonds. The minimum absolute atomic E-state index is 0.343. The van der Waals surface area contributed by atoms with Crippen molar-refractivity contribution in [1.29, 1.82) is 0 Å². The van der Waals surface area contributed by atoms with Gasteiger partial charge in [-0.2, -0.15) is 0 Å². The number of nitrogens with two attached hydrogens (primary N) is 1. The van der Waals surface area contributed by atoms with Crippen LogP contribution in [0, 0.1) is 6.92 Å². The summed E-state index contributed by atoms with van der Waals surface area (Å²) < 4.78 is 5.05. The second-order valence-electron chi connectivity index (χ2n) is 4.57. The lowest BCUT2D eigenvalue weighted by Gasteiger charge is -2.08. The third-order valence-corrected chi connectivity index (χ3v) is 3.40. The average Bonchev–Trinajstić information content (AvgIpc) is 2.76. The van der Waals surface area contributed by atoms with E-state index in [2.05, 4.69) is 4.98 Å². The molecular formula is C15H17ClN2O2. The first-order valence-electron chi connectivity index (χ1n) is 6.40. The van der Waals surface area contributed by atoms with Gasteiger partial charge in [-0.1, -0.05) is 11.6 Å². The molecule has 5 heteroatoms. The van der Waals surface area contributed by atoms with Gasteiger partial charge in [-0.05, 0) is 48.7 Å². The van der Waals surface area contributed by atoms with Crippen molar-refractivity contribution in [2.24, 2.45) is 0 Å². The molecule has 2 rings (SSSR count). The highest BCUT2D eigenvalue weighted by Crippen LogP contribution is 2.24. The number of halogens is 1. The molecule has 0 aliphatic rings. The van der Waals surface area contributed by atoms with Crippen LogP contribution < -0.4 is 5.73 Å². The van der Waals surface area contributed by atoms with Gasteiger partial charge in [0.15, 0.2) is 0 Å². The summed E-state index contributed by atoms with van der Waals surface area (Å²) in [6.07, 6.45) is 2.33. The van der Waals surface area contributed by atoms with Crippen LogP contribution in [0.25, 0.3) is 0 Å². The van der Waals surface area contributed by atoms with Gasteiger partial charge in [0, 0.05) is 23.3 Å². The normalized spacial score (nSPS) is 10.6. The van der Waals surface area contributed by atoms with E-state index in [4.69, 9.17) is 22.1 Å². The van der Waals surface area contributed by atoms with Crippen LogP contribution in [-0.2, 0) is 11.2 Å². The number of H-pyrrole nitrogens is 1. The Kier molecular flexibility index (Phi) is 4.35. The summed E-state index contributed by atoms with van der Waals surface area (Å²) in [6, 6.07) is 5.33. The molecule has 0 atom stereocenters. The summed E-state index contributed by atoms with van der Waals surface area (Å²) in [6.45, 7) is 4.06. The van der Waals surface area contributed by atoms with Crippen molar-refractivity contribution in [1.82, 2.24) is 4.98 Å². The van der Waals surface area contributed by atoms with E-state index in [-0.39, 0.29) is 5.97 Å². The number of hydrogen-bond donors (Lipinski definition) is 2. The van der Waals surface area contributed by atoms with E-state index < -0.39 is 0 Å². The maximum atomic E-state index is 11.9. The van der Waals surface area contributed by atoms with Gasteiger partial charge in [-0.3, -0.25) is 0 Å². The molecule has 1 heterocycles. The summed E-state index contributed by atoms with van der Waals surface area (Å²) in [5, 5.41) is 0.625. The lowest BCUT2D eigenvalue weighted by molar-refractivity contribution is 0.0519. The van der Waals surface area contributed by atoms with E-state index in [1.165, 1.54) is 0 Å². The molecule has 0 bridgehead atoms. The highest BCUT2D eigenvalue weighted by atomic mass is 35.5. The fourth-order valence-corrected chi connectivity index (χ4v) is 2.28. The van der Waals surface area contributed by atoms with Crippen molar-refractivity contribution in [2.75, 3.05) is 12.3 Å². The number of nitrogen functional groups attached to an aromatic ring is 1. The molecule has 0 aliphatic carbocycles. The van der Waals surface area contributed by atoms with E-state index in [0.29, 0.717) is 29.4 Å². The quantitative estimate of drug-likeness (QED) is 0.671. The van der Waals surface area contributed by atoms with Crippen molar-refractivity contribution in [3.05, 3.63) is 51.8 Å². The van der Waals surface area contributed by atoms with Crippen LogP contribution in [0.5, 0.6) is 0 Å². The second-order valence-corrected chi connectivity index (χ2v) is 5.00. The first kappa shape index (κ1) is 14.5. The van der Waals surface area contributed by atoms with E-state index in [0.717, 1.165) is 16.7 Å². The Labute approximate surface area is 122 Å². The molecule has 0 aliphatic heterocycles. The number of ether oxygens (including phenoxy) is 1. The number of carbonyl (C=O) groups is 1. The van der Waals surface area contributed by atoms with Crippen LogP contribution in [0.2, 0.25) is 5.02 Å². The molecule has 0 saturated heterocycles. The van der Waals surface area contributed by atoms with Gasteiger partial charge >= 0.3 is 5.97 Å². The minimum Gasteiger partial charge on any atom is -0.461 e. The number of esters is 1. The van der Waals surface area contributed by atoms with E-state index >= 15 is 0 Å². The SMILES string of the molecule is CCOC(=O)c1[nH]cc(C)c1Cc1cc(Cl)ccc1N. The summed E-state index contributed by atoms with van der Waals surface area (Å²) in [7, 11) is 0. The van der Waals surface area contributed by atoms with Gasteiger partial charge in [0.05, 0.1) is 6.61 Å². The molecule has 1 aromatic heterocycles. The number of hydrogen-bond acceptors (Lipinski definition) is 3. The summed E-state index contributed by atoms with van der Waals surface area (Å²) in [4.78, 5) is 14.9. The summed E-state index contributed by atoms with van der Waals surface area (Å²) in [5.74, 6) is -0.351. The topological polar surface area (TPSA) is 68.1 Å². The lowest BCUT2D eigenvalue weighted by Crippen LogP contribution is -2.09. The monoisotopic (exact) mass is 292 g/mol. The number of benzene rings is 1. The van der Waals surface area contributed by atoms with Crippen molar-refractivity contribution in [2.45, 2.75) is 20.3 Å². The maximum absolute atomic E-state index is 11.9. The van der Waals surface area contributed by atoms with E-state index in [1.807, 2.05) is 13.0 Å². The molecule has 0 radical (unpaired) electrons. The standard InChI is InChI=1S/C15H17ClN2O2/c1-3-20-15(19)14-12(9(2)8-18-14)7-10-6-11(16)4-5-13(10)17/h4-6,8,18H,3,7,17H2,1-2H3. The number of carbonyl (C=O) groups excluding carboxylic acids is 1. The Morgan fingerprint density at radius 3 is 2.90 bits per heavy atom. The first-order valence-corrected chi connectivity index (χ1v) is 6.78. The van der Waals surface area contributed by atoms with Gasteiger partial charge in [0.25, 0.3) is 0 Å². The molecule has 1 aromatic carbocycles. The molecule has 0 spiro atoms. The Morgan fingerprint density at radius 2 is 2.20 bits per heavy atom. The Morgan fingerprint density at radius 1 is 1.45 bits per heavy atom. The largest absolute Gasteiger partial charge is 0.461 e. The van der Waals surface area contributed by atoms with Gasteiger partial charge in [0.2, 0.25) is 0 Å². The Bertz CT molecular complexity index is 635. The smallest absolute Gasteiger partial charge is 0.355 e. The number of aromatic nitrogens is 1. The molecular weight excluding hydrogens is 276 g/mol. The Balaban J connectivity index is 2.36. The molecule has 3 N–H and O–H groups in total. The summed E-state index contributed by atoms with van der Waals surface area (Å²) in [5.41, 5.74) is 9.86. The van der Waals surface area contributed by atoms with Crippen LogP contribution in [0.4, 0.5) is 5.69 Å². The molecule has 0 unspecified atom stereocenters. The van der Waals surface area contributed by atoms with Crippen LogP contribution in [0.15, 0.2) is 24.4 Å². The summed E-state index contributed by atoms with van der Waals surface area (Å²) >= 11 is 5.99. The highest BCUT2D eigenvalue weighted by Gasteiger charge is 2.17. The van der Waals surface area contributed by atoms with Crippen molar-refractivity contribution in [3.8, 4) is 0 Å². The van der Waals surface area contributed by atoms with Gasteiger partial charge in [0.1, 0.15) is 5.69 Å². The molecule has 0 saturated carbocycles.